The highest BCUT2D eigenvalue weighted by Crippen LogP contribution is 2.29. The maximum absolute atomic E-state index is 9.61. The Morgan fingerprint density at radius 2 is 2.16 bits per heavy atom. The van der Waals surface area contributed by atoms with Crippen molar-refractivity contribution in [2.24, 2.45) is 0 Å². The SMILES string of the molecule is CC(O)c1nc2c(s1)CN(Cc1ccccc1)CC2. The molecule has 1 aliphatic rings. The van der Waals surface area contributed by atoms with Crippen LogP contribution in [-0.2, 0) is 19.5 Å². The molecule has 3 nitrogen and oxygen atoms in total. The highest BCUT2D eigenvalue weighted by Gasteiger charge is 2.21. The van der Waals surface area contributed by atoms with Crippen molar-refractivity contribution in [3.8, 4) is 0 Å². The zero-order chi connectivity index (χ0) is 13.2. The van der Waals surface area contributed by atoms with Crippen LogP contribution in [0.4, 0.5) is 0 Å². The predicted molar refractivity (Wildman–Crippen MR) is 77.0 cm³/mol. The molecule has 4 heteroatoms. The Kier molecular flexibility index (Phi) is 3.64. The van der Waals surface area contributed by atoms with Gasteiger partial charge < -0.3 is 5.11 Å². The molecule has 1 aromatic carbocycles. The molecule has 1 aromatic heterocycles. The fraction of sp³-hybridized carbons (Fsp3) is 0.400. The number of fused-ring (bicyclic) bond motifs is 1. The summed E-state index contributed by atoms with van der Waals surface area (Å²) in [6.45, 7) is 4.77. The van der Waals surface area contributed by atoms with Crippen LogP contribution < -0.4 is 0 Å². The predicted octanol–water partition coefficient (Wildman–Crippen LogP) is 2.75. The van der Waals surface area contributed by atoms with Crippen LogP contribution in [0.1, 0.15) is 34.2 Å². The van der Waals surface area contributed by atoms with E-state index in [-0.39, 0.29) is 0 Å². The van der Waals surface area contributed by atoms with Gasteiger partial charge in [-0.05, 0) is 12.5 Å². The first kappa shape index (κ1) is 12.8. The van der Waals surface area contributed by atoms with E-state index in [1.165, 1.54) is 16.1 Å². The average molecular weight is 274 g/mol. The fourth-order valence-corrected chi connectivity index (χ4v) is 3.52. The number of hydrogen-bond acceptors (Lipinski definition) is 4. The van der Waals surface area contributed by atoms with E-state index in [0.717, 1.165) is 31.1 Å². The van der Waals surface area contributed by atoms with Gasteiger partial charge in [-0.25, -0.2) is 4.98 Å². The first-order chi connectivity index (χ1) is 9.22. The lowest BCUT2D eigenvalue weighted by Crippen LogP contribution is -2.29. The minimum absolute atomic E-state index is 0.446. The number of hydrogen-bond donors (Lipinski definition) is 1. The smallest absolute Gasteiger partial charge is 0.122 e. The zero-order valence-corrected chi connectivity index (χ0v) is 11.9. The zero-order valence-electron chi connectivity index (χ0n) is 11.0. The highest BCUT2D eigenvalue weighted by atomic mass is 32.1. The second-order valence-electron chi connectivity index (χ2n) is 5.04. The van der Waals surface area contributed by atoms with E-state index in [9.17, 15) is 5.11 Å². The molecule has 2 aromatic rings. The van der Waals surface area contributed by atoms with Crippen molar-refractivity contribution < 1.29 is 5.11 Å². The van der Waals surface area contributed by atoms with Crippen LogP contribution in [0.25, 0.3) is 0 Å². The number of rotatable bonds is 3. The van der Waals surface area contributed by atoms with Gasteiger partial charge >= 0.3 is 0 Å². The lowest BCUT2D eigenvalue weighted by Gasteiger charge is -2.25. The molecule has 1 atom stereocenters. The number of aliphatic hydroxyl groups excluding tert-OH is 1. The molecule has 0 aliphatic carbocycles. The molecule has 0 fully saturated rings. The Morgan fingerprint density at radius 1 is 1.37 bits per heavy atom. The Morgan fingerprint density at radius 3 is 2.89 bits per heavy atom. The molecule has 1 unspecified atom stereocenters. The summed E-state index contributed by atoms with van der Waals surface area (Å²) < 4.78 is 0. The van der Waals surface area contributed by atoms with Crippen molar-refractivity contribution in [3.63, 3.8) is 0 Å². The number of nitrogens with zero attached hydrogens (tertiary/aromatic N) is 2. The largest absolute Gasteiger partial charge is 0.386 e. The standard InChI is InChI=1S/C15H18N2OS/c1-11(18)15-16-13-7-8-17(10-14(13)19-15)9-12-5-3-2-4-6-12/h2-6,11,18H,7-10H2,1H3. The molecule has 100 valence electrons. The van der Waals surface area contributed by atoms with Crippen molar-refractivity contribution in [2.75, 3.05) is 6.54 Å². The van der Waals surface area contributed by atoms with Gasteiger partial charge in [-0.1, -0.05) is 30.3 Å². The Hall–Kier alpha value is -1.23. The lowest BCUT2D eigenvalue weighted by molar-refractivity contribution is 0.198. The van der Waals surface area contributed by atoms with Gasteiger partial charge in [0.05, 0.1) is 5.69 Å². The van der Waals surface area contributed by atoms with Gasteiger partial charge in [-0.15, -0.1) is 11.3 Å². The molecule has 1 aliphatic heterocycles. The molecular formula is C15H18N2OS. The van der Waals surface area contributed by atoms with E-state index in [4.69, 9.17) is 0 Å². The van der Waals surface area contributed by atoms with Gasteiger partial charge in [-0.2, -0.15) is 0 Å². The van der Waals surface area contributed by atoms with Crippen LogP contribution in [0, 0.1) is 0 Å². The van der Waals surface area contributed by atoms with Gasteiger partial charge in [0.2, 0.25) is 0 Å². The third kappa shape index (κ3) is 2.86. The van der Waals surface area contributed by atoms with Crippen LogP contribution in [-0.4, -0.2) is 21.5 Å². The van der Waals surface area contributed by atoms with Crippen LogP contribution in [0.5, 0.6) is 0 Å². The van der Waals surface area contributed by atoms with E-state index < -0.39 is 6.10 Å². The highest BCUT2D eigenvalue weighted by molar-refractivity contribution is 7.11. The fourth-order valence-electron chi connectivity index (χ4n) is 2.42. The summed E-state index contributed by atoms with van der Waals surface area (Å²) in [7, 11) is 0. The average Bonchev–Trinajstić information content (AvgIpc) is 2.83. The van der Waals surface area contributed by atoms with Gasteiger partial charge in [0.25, 0.3) is 0 Å². The summed E-state index contributed by atoms with van der Waals surface area (Å²) in [5.74, 6) is 0. The summed E-state index contributed by atoms with van der Waals surface area (Å²) in [5, 5.41) is 10.5. The summed E-state index contributed by atoms with van der Waals surface area (Å²) in [4.78, 5) is 8.30. The quantitative estimate of drug-likeness (QED) is 0.935. The monoisotopic (exact) mass is 274 g/mol. The third-order valence-electron chi connectivity index (χ3n) is 3.43. The maximum Gasteiger partial charge on any atom is 0.122 e. The molecule has 0 spiro atoms. The van der Waals surface area contributed by atoms with Crippen LogP contribution in [0.15, 0.2) is 30.3 Å². The van der Waals surface area contributed by atoms with Gasteiger partial charge in [0.15, 0.2) is 0 Å². The Labute approximate surface area is 117 Å². The van der Waals surface area contributed by atoms with E-state index in [2.05, 4.69) is 40.2 Å². The molecule has 0 radical (unpaired) electrons. The number of aliphatic hydroxyl groups is 1. The summed E-state index contributed by atoms with van der Waals surface area (Å²) in [6.07, 6.45) is 0.545. The van der Waals surface area contributed by atoms with E-state index in [1.807, 2.05) is 0 Å². The molecule has 0 saturated carbocycles. The van der Waals surface area contributed by atoms with Gasteiger partial charge in [0.1, 0.15) is 11.1 Å². The van der Waals surface area contributed by atoms with Crippen molar-refractivity contribution in [1.82, 2.24) is 9.88 Å². The maximum atomic E-state index is 9.61. The van der Waals surface area contributed by atoms with Crippen LogP contribution in [0.2, 0.25) is 0 Å². The van der Waals surface area contributed by atoms with Gasteiger partial charge in [0, 0.05) is 30.9 Å². The Bertz CT molecular complexity index is 551. The minimum atomic E-state index is -0.446. The molecular weight excluding hydrogens is 256 g/mol. The molecule has 1 N–H and O–H groups in total. The normalized spacial score (nSPS) is 17.2. The molecule has 3 rings (SSSR count). The van der Waals surface area contributed by atoms with E-state index >= 15 is 0 Å². The van der Waals surface area contributed by atoms with Crippen LogP contribution >= 0.6 is 11.3 Å². The Balaban J connectivity index is 1.71. The topological polar surface area (TPSA) is 36.4 Å². The van der Waals surface area contributed by atoms with E-state index in [0.29, 0.717) is 0 Å². The lowest BCUT2D eigenvalue weighted by atomic mass is 10.1. The first-order valence-electron chi connectivity index (χ1n) is 6.65. The second kappa shape index (κ2) is 5.41. The molecule has 0 bridgehead atoms. The van der Waals surface area contributed by atoms with Crippen molar-refractivity contribution in [1.29, 1.82) is 0 Å². The van der Waals surface area contributed by atoms with Crippen molar-refractivity contribution in [3.05, 3.63) is 51.5 Å². The first-order valence-corrected chi connectivity index (χ1v) is 7.47. The molecule has 0 saturated heterocycles. The molecule has 0 amide bonds. The van der Waals surface area contributed by atoms with Crippen molar-refractivity contribution in [2.45, 2.75) is 32.5 Å². The summed E-state index contributed by atoms with van der Waals surface area (Å²) >= 11 is 1.65. The molecule has 2 heterocycles. The van der Waals surface area contributed by atoms with Crippen molar-refractivity contribution >= 4 is 11.3 Å². The minimum Gasteiger partial charge on any atom is -0.386 e. The third-order valence-corrected chi connectivity index (χ3v) is 4.69. The van der Waals surface area contributed by atoms with Crippen LogP contribution in [0.3, 0.4) is 0 Å². The second-order valence-corrected chi connectivity index (χ2v) is 6.16. The van der Waals surface area contributed by atoms with Gasteiger partial charge in [-0.3, -0.25) is 4.90 Å². The number of benzene rings is 1. The summed E-state index contributed by atoms with van der Waals surface area (Å²) in [6, 6.07) is 10.6. The number of aromatic nitrogens is 1. The number of thiazole rings is 1. The summed E-state index contributed by atoms with van der Waals surface area (Å²) in [5.41, 5.74) is 2.54. The van der Waals surface area contributed by atoms with E-state index in [1.54, 1.807) is 18.3 Å². The molecule has 19 heavy (non-hydrogen) atoms.